The minimum absolute atomic E-state index is 0.0483. The fraction of sp³-hybridized carbons (Fsp3) is 0.345. The molecule has 0 spiro atoms. The van der Waals surface area contributed by atoms with E-state index in [-0.39, 0.29) is 12.3 Å². The number of aliphatic carboxylic acids is 1. The Bertz CT molecular complexity index is 1290. The van der Waals surface area contributed by atoms with E-state index in [0.717, 1.165) is 46.6 Å². The fourth-order valence-corrected chi connectivity index (χ4v) is 5.71. The Balaban J connectivity index is 1.33. The first-order chi connectivity index (χ1) is 17.7. The molecule has 0 saturated carbocycles. The number of carboxylic acid groups (broad SMARTS) is 1. The average molecular weight is 528 g/mol. The van der Waals surface area contributed by atoms with Crippen molar-refractivity contribution in [2.75, 3.05) is 6.54 Å². The maximum atomic E-state index is 12.8. The summed E-state index contributed by atoms with van der Waals surface area (Å²) in [6.45, 7) is 4.27. The minimum Gasteiger partial charge on any atom is -0.489 e. The van der Waals surface area contributed by atoms with E-state index in [4.69, 9.17) is 9.84 Å². The lowest BCUT2D eigenvalue weighted by molar-refractivity contribution is -0.137. The second-order valence-corrected chi connectivity index (χ2v) is 10.4. The summed E-state index contributed by atoms with van der Waals surface area (Å²) < 4.78 is 44.2. The van der Waals surface area contributed by atoms with Crippen molar-refractivity contribution in [3.8, 4) is 17.6 Å². The number of fused-ring (bicyclic) bond motifs is 1. The molecule has 0 radical (unpaired) electrons. The van der Waals surface area contributed by atoms with Crippen LogP contribution in [0.15, 0.2) is 54.6 Å². The smallest absolute Gasteiger partial charge is 0.393 e. The number of alkyl halides is 3. The minimum atomic E-state index is -4.18. The molecular weight excluding hydrogens is 499 g/mol. The van der Waals surface area contributed by atoms with Gasteiger partial charge in [0.1, 0.15) is 12.4 Å². The predicted octanol–water partition coefficient (Wildman–Crippen LogP) is 6.57. The molecule has 1 aromatic heterocycles. The van der Waals surface area contributed by atoms with E-state index in [1.807, 2.05) is 42.5 Å². The van der Waals surface area contributed by atoms with Crippen LogP contribution in [-0.2, 0) is 37.3 Å². The lowest BCUT2D eigenvalue weighted by Gasteiger charge is -2.27. The van der Waals surface area contributed by atoms with Crippen LogP contribution in [0.2, 0.25) is 0 Å². The van der Waals surface area contributed by atoms with Gasteiger partial charge in [0.15, 0.2) is 0 Å². The van der Waals surface area contributed by atoms with Gasteiger partial charge in [0.25, 0.3) is 0 Å². The van der Waals surface area contributed by atoms with Gasteiger partial charge in [-0.05, 0) is 53.8 Å². The SMILES string of the molecule is CC#C[C@@H](CC(=O)O)c1ccc(OCc2cccc(CN3CCc4sc(CC(F)(F)F)cc4C3)c2)cc1. The number of carbonyl (C=O) groups is 1. The Morgan fingerprint density at radius 3 is 2.62 bits per heavy atom. The maximum Gasteiger partial charge on any atom is 0.393 e. The zero-order chi connectivity index (χ0) is 26.4. The average Bonchev–Trinajstić information content (AvgIpc) is 3.22. The van der Waals surface area contributed by atoms with E-state index < -0.39 is 18.6 Å². The highest BCUT2D eigenvalue weighted by atomic mass is 32.1. The first-order valence-corrected chi connectivity index (χ1v) is 12.8. The van der Waals surface area contributed by atoms with E-state index >= 15 is 0 Å². The Kier molecular flexibility index (Phi) is 8.57. The zero-order valence-corrected chi connectivity index (χ0v) is 21.3. The van der Waals surface area contributed by atoms with Gasteiger partial charge in [-0.25, -0.2) is 0 Å². The third kappa shape index (κ3) is 7.85. The molecule has 1 aliphatic rings. The molecule has 0 saturated heterocycles. The number of halogens is 3. The lowest BCUT2D eigenvalue weighted by atomic mass is 9.96. The molecule has 0 amide bonds. The van der Waals surface area contributed by atoms with Crippen molar-refractivity contribution in [3.63, 3.8) is 0 Å². The molecule has 2 heterocycles. The highest BCUT2D eigenvalue weighted by Gasteiger charge is 2.30. The van der Waals surface area contributed by atoms with Crippen LogP contribution in [0, 0.1) is 11.8 Å². The highest BCUT2D eigenvalue weighted by Crippen LogP contribution is 2.33. The first-order valence-electron chi connectivity index (χ1n) is 12.0. The summed E-state index contributed by atoms with van der Waals surface area (Å²) in [6.07, 6.45) is -4.31. The monoisotopic (exact) mass is 527 g/mol. The molecule has 1 atom stereocenters. The number of hydrogen-bond acceptors (Lipinski definition) is 4. The molecule has 8 heteroatoms. The summed E-state index contributed by atoms with van der Waals surface area (Å²) in [4.78, 5) is 14.8. The third-order valence-corrected chi connectivity index (χ3v) is 7.39. The number of ether oxygens (including phenoxy) is 1. The van der Waals surface area contributed by atoms with Gasteiger partial charge in [0.05, 0.1) is 18.8 Å². The quantitative estimate of drug-likeness (QED) is 0.320. The van der Waals surface area contributed by atoms with Gasteiger partial charge in [-0.1, -0.05) is 42.3 Å². The first kappa shape index (κ1) is 26.8. The molecule has 194 valence electrons. The second-order valence-electron chi connectivity index (χ2n) is 9.14. The summed E-state index contributed by atoms with van der Waals surface area (Å²) in [7, 11) is 0. The van der Waals surface area contributed by atoms with Gasteiger partial charge in [0.2, 0.25) is 0 Å². The summed E-state index contributed by atoms with van der Waals surface area (Å²) in [5.41, 5.74) is 3.99. The largest absolute Gasteiger partial charge is 0.489 e. The van der Waals surface area contributed by atoms with Crippen molar-refractivity contribution in [1.82, 2.24) is 4.90 Å². The molecule has 0 unspecified atom stereocenters. The third-order valence-electron chi connectivity index (χ3n) is 6.15. The molecule has 4 rings (SSSR count). The molecule has 0 fully saturated rings. The molecular formula is C29H28F3NO3S. The summed E-state index contributed by atoms with van der Waals surface area (Å²) in [5.74, 6) is 5.17. The fourth-order valence-electron chi connectivity index (χ4n) is 4.51. The van der Waals surface area contributed by atoms with Gasteiger partial charge >= 0.3 is 12.1 Å². The number of benzene rings is 2. The van der Waals surface area contributed by atoms with Crippen molar-refractivity contribution in [1.29, 1.82) is 0 Å². The van der Waals surface area contributed by atoms with Crippen LogP contribution in [-0.4, -0.2) is 28.7 Å². The molecule has 4 nitrogen and oxygen atoms in total. The van der Waals surface area contributed by atoms with Gasteiger partial charge in [0, 0.05) is 29.4 Å². The van der Waals surface area contributed by atoms with Crippen LogP contribution < -0.4 is 4.74 Å². The highest BCUT2D eigenvalue weighted by molar-refractivity contribution is 7.12. The van der Waals surface area contributed by atoms with E-state index in [9.17, 15) is 18.0 Å². The number of rotatable bonds is 9. The molecule has 1 aliphatic heterocycles. The van der Waals surface area contributed by atoms with Crippen molar-refractivity contribution in [2.45, 2.75) is 58.0 Å². The van der Waals surface area contributed by atoms with Crippen LogP contribution in [0.3, 0.4) is 0 Å². The Morgan fingerprint density at radius 1 is 1.16 bits per heavy atom. The van der Waals surface area contributed by atoms with Crippen molar-refractivity contribution in [2.24, 2.45) is 0 Å². The second kappa shape index (κ2) is 11.8. The molecule has 37 heavy (non-hydrogen) atoms. The van der Waals surface area contributed by atoms with Gasteiger partial charge < -0.3 is 9.84 Å². The molecule has 0 bridgehead atoms. The van der Waals surface area contributed by atoms with E-state index in [0.29, 0.717) is 23.8 Å². The molecule has 2 aromatic carbocycles. The number of hydrogen-bond donors (Lipinski definition) is 1. The lowest BCUT2D eigenvalue weighted by Crippen LogP contribution is -2.29. The Hall–Kier alpha value is -3.28. The molecule has 1 N–H and O–H groups in total. The number of nitrogens with zero attached hydrogens (tertiary/aromatic N) is 1. The van der Waals surface area contributed by atoms with E-state index in [1.54, 1.807) is 13.0 Å². The van der Waals surface area contributed by atoms with Crippen LogP contribution in [0.5, 0.6) is 5.75 Å². The standard InChI is InChI=1S/C29H28F3NO3S/c1-2-4-23(15-28(34)35)22-7-9-25(10-8-22)36-19-21-6-3-5-20(13-21)17-33-12-11-27-24(18-33)14-26(37-27)16-29(30,31)32/h3,5-10,13-14,23H,11-12,15-19H2,1H3,(H,34,35)/t23-/m0/s1. The van der Waals surface area contributed by atoms with E-state index in [1.165, 1.54) is 11.3 Å². The predicted molar refractivity (Wildman–Crippen MR) is 138 cm³/mol. The van der Waals surface area contributed by atoms with Crippen molar-refractivity contribution >= 4 is 17.3 Å². The van der Waals surface area contributed by atoms with Crippen LogP contribution in [0.4, 0.5) is 13.2 Å². The van der Waals surface area contributed by atoms with Gasteiger partial charge in [-0.3, -0.25) is 9.69 Å². The summed E-state index contributed by atoms with van der Waals surface area (Å²) in [5, 5.41) is 9.11. The Morgan fingerprint density at radius 2 is 1.92 bits per heavy atom. The van der Waals surface area contributed by atoms with Crippen molar-refractivity contribution < 1.29 is 27.8 Å². The van der Waals surface area contributed by atoms with Gasteiger partial charge in [-0.15, -0.1) is 17.3 Å². The zero-order valence-electron chi connectivity index (χ0n) is 20.5. The normalized spacial score (nSPS) is 14.4. The maximum absolute atomic E-state index is 12.8. The van der Waals surface area contributed by atoms with Crippen LogP contribution in [0.25, 0.3) is 0 Å². The van der Waals surface area contributed by atoms with Gasteiger partial charge in [-0.2, -0.15) is 13.2 Å². The molecule has 0 aliphatic carbocycles. The van der Waals surface area contributed by atoms with E-state index in [2.05, 4.69) is 22.8 Å². The topological polar surface area (TPSA) is 49.8 Å². The summed E-state index contributed by atoms with van der Waals surface area (Å²) in [6, 6.07) is 17.2. The van der Waals surface area contributed by atoms with Crippen LogP contribution in [0.1, 0.15) is 51.3 Å². The van der Waals surface area contributed by atoms with Crippen LogP contribution >= 0.6 is 11.3 Å². The molecule has 3 aromatic rings. The summed E-state index contributed by atoms with van der Waals surface area (Å²) >= 11 is 1.29. The number of thiophene rings is 1. The van der Waals surface area contributed by atoms with Crippen molar-refractivity contribution in [3.05, 3.63) is 86.6 Å². The number of carboxylic acids is 1. The Labute approximate surface area is 218 Å².